The normalized spacial score (nSPS) is 11.0. The molecule has 0 aliphatic carbocycles. The molecule has 0 aliphatic rings. The van der Waals surface area contributed by atoms with Gasteiger partial charge < -0.3 is 9.84 Å². The summed E-state index contributed by atoms with van der Waals surface area (Å²) in [4.78, 5) is 35.1. The molecule has 1 aromatic carbocycles. The number of aromatic hydroxyl groups is 1. The van der Waals surface area contributed by atoms with Crippen LogP contribution < -0.4 is 16.0 Å². The van der Waals surface area contributed by atoms with Crippen molar-refractivity contribution in [1.29, 1.82) is 0 Å². The van der Waals surface area contributed by atoms with Crippen LogP contribution in [0.5, 0.6) is 11.6 Å². The summed E-state index contributed by atoms with van der Waals surface area (Å²) in [7, 11) is 1.60. The zero-order chi connectivity index (χ0) is 17.1. The summed E-state index contributed by atoms with van der Waals surface area (Å²) in [6.07, 6.45) is 1.15. The highest BCUT2D eigenvalue weighted by Crippen LogP contribution is 2.27. The van der Waals surface area contributed by atoms with Crippen LogP contribution in [0.3, 0.4) is 0 Å². The van der Waals surface area contributed by atoms with Crippen molar-refractivity contribution >= 4 is 22.7 Å². The van der Waals surface area contributed by atoms with Crippen LogP contribution in [0.15, 0.2) is 44.2 Å². The summed E-state index contributed by atoms with van der Waals surface area (Å²) < 4.78 is 5.11. The van der Waals surface area contributed by atoms with Gasteiger partial charge in [0, 0.05) is 17.2 Å². The van der Waals surface area contributed by atoms with Gasteiger partial charge in [-0.1, -0.05) is 0 Å². The van der Waals surface area contributed by atoms with Gasteiger partial charge in [0.05, 0.1) is 12.8 Å². The molecule has 0 bridgehead atoms. The molecule has 0 aliphatic heterocycles. The maximum absolute atomic E-state index is 11.6. The number of aliphatic imine (C=N–C) groups is 1. The molecule has 24 heavy (non-hydrogen) atoms. The summed E-state index contributed by atoms with van der Waals surface area (Å²) in [6.45, 7) is 0. The van der Waals surface area contributed by atoms with E-state index in [1.807, 2.05) is 34.6 Å². The fraction of sp³-hybridized carbons (Fsp3) is 0.0667. The molecular weight excluding hydrogens is 332 g/mol. The largest absolute Gasteiger partial charge is 0.497 e. The van der Waals surface area contributed by atoms with Crippen LogP contribution in [0.4, 0.5) is 5.13 Å². The van der Waals surface area contributed by atoms with Crippen molar-refractivity contribution in [1.82, 2.24) is 15.0 Å². The molecule has 2 aromatic heterocycles. The van der Waals surface area contributed by atoms with Crippen LogP contribution in [0.1, 0.15) is 5.56 Å². The van der Waals surface area contributed by atoms with E-state index in [0.717, 1.165) is 23.2 Å². The number of methoxy groups -OCH3 is 1. The zero-order valence-electron chi connectivity index (χ0n) is 12.4. The molecular formula is C15H12N4O4S. The Morgan fingerprint density at radius 3 is 2.67 bits per heavy atom. The number of ether oxygens (including phenoxy) is 1. The Labute approximate surface area is 139 Å². The third-order valence-electron chi connectivity index (χ3n) is 3.14. The van der Waals surface area contributed by atoms with E-state index in [1.54, 1.807) is 7.11 Å². The molecule has 8 nitrogen and oxygen atoms in total. The zero-order valence-corrected chi connectivity index (χ0v) is 13.3. The Balaban J connectivity index is 1.86. The van der Waals surface area contributed by atoms with E-state index in [0.29, 0.717) is 5.13 Å². The van der Waals surface area contributed by atoms with Crippen molar-refractivity contribution in [2.24, 2.45) is 4.99 Å². The standard InChI is InChI=1S/C15H12N4O4S/c1-23-9-4-2-8(3-5-9)11-7-24-15(17-11)16-6-10-12(20)18-14(22)19-13(10)21/h2-7H,1H3,(H3,18,19,20,21,22)/b16-6+. The van der Waals surface area contributed by atoms with Gasteiger partial charge in [0.15, 0.2) is 0 Å². The van der Waals surface area contributed by atoms with Gasteiger partial charge in [-0.2, -0.15) is 0 Å². The Morgan fingerprint density at radius 2 is 2.00 bits per heavy atom. The minimum Gasteiger partial charge on any atom is -0.497 e. The number of hydrogen-bond acceptors (Lipinski definition) is 7. The molecule has 0 saturated carbocycles. The summed E-state index contributed by atoms with van der Waals surface area (Å²) >= 11 is 1.28. The monoisotopic (exact) mass is 344 g/mol. The number of rotatable bonds is 4. The summed E-state index contributed by atoms with van der Waals surface area (Å²) in [5.74, 6) is 0.208. The number of benzene rings is 1. The highest BCUT2D eigenvalue weighted by Gasteiger charge is 2.07. The maximum atomic E-state index is 11.6. The number of aromatic amines is 2. The van der Waals surface area contributed by atoms with Crippen molar-refractivity contribution in [2.45, 2.75) is 0 Å². The van der Waals surface area contributed by atoms with Gasteiger partial charge in [0.25, 0.3) is 5.56 Å². The number of H-pyrrole nitrogens is 2. The minimum atomic E-state index is -0.786. The first kappa shape index (κ1) is 15.7. The second-order valence-electron chi connectivity index (χ2n) is 4.67. The molecule has 3 rings (SSSR count). The lowest BCUT2D eigenvalue weighted by Crippen LogP contribution is -2.24. The topological polar surface area (TPSA) is 120 Å². The van der Waals surface area contributed by atoms with E-state index in [1.165, 1.54) is 11.3 Å². The highest BCUT2D eigenvalue weighted by molar-refractivity contribution is 7.13. The molecule has 3 aromatic rings. The molecule has 0 unspecified atom stereocenters. The van der Waals surface area contributed by atoms with Crippen molar-refractivity contribution in [3.05, 3.63) is 56.0 Å². The van der Waals surface area contributed by atoms with Gasteiger partial charge in [-0.3, -0.25) is 14.8 Å². The average molecular weight is 344 g/mol. The third kappa shape index (κ3) is 3.25. The Morgan fingerprint density at radius 1 is 1.25 bits per heavy atom. The van der Waals surface area contributed by atoms with Crippen LogP contribution in [0, 0.1) is 0 Å². The van der Waals surface area contributed by atoms with E-state index in [2.05, 4.69) is 15.0 Å². The van der Waals surface area contributed by atoms with Crippen LogP contribution in [0.2, 0.25) is 0 Å². The van der Waals surface area contributed by atoms with Crippen molar-refractivity contribution in [3.63, 3.8) is 0 Å². The second-order valence-corrected chi connectivity index (χ2v) is 5.51. The SMILES string of the molecule is COc1ccc(-c2csc(/N=C/c3c(O)[nH]c(=O)[nH]c3=O)n2)cc1. The average Bonchev–Trinajstić information content (AvgIpc) is 3.03. The smallest absolute Gasteiger partial charge is 0.328 e. The lowest BCUT2D eigenvalue weighted by molar-refractivity contribution is 0.415. The number of aromatic nitrogens is 3. The second kappa shape index (κ2) is 6.50. The van der Waals surface area contributed by atoms with Gasteiger partial charge in [0.2, 0.25) is 11.0 Å². The molecule has 0 radical (unpaired) electrons. The van der Waals surface area contributed by atoms with Crippen LogP contribution >= 0.6 is 11.3 Å². The molecule has 0 spiro atoms. The fourth-order valence-electron chi connectivity index (χ4n) is 1.94. The van der Waals surface area contributed by atoms with E-state index in [-0.39, 0.29) is 5.56 Å². The molecule has 0 fully saturated rings. The van der Waals surface area contributed by atoms with E-state index >= 15 is 0 Å². The molecule has 3 N–H and O–H groups in total. The first-order valence-corrected chi connectivity index (χ1v) is 7.64. The Bertz CT molecular complexity index is 1000. The van der Waals surface area contributed by atoms with Gasteiger partial charge in [0.1, 0.15) is 11.3 Å². The minimum absolute atomic E-state index is 0.143. The first-order chi connectivity index (χ1) is 11.6. The van der Waals surface area contributed by atoms with Gasteiger partial charge in [-0.15, -0.1) is 11.3 Å². The fourth-order valence-corrected chi connectivity index (χ4v) is 2.61. The van der Waals surface area contributed by atoms with E-state index in [9.17, 15) is 14.7 Å². The predicted molar refractivity (Wildman–Crippen MR) is 90.7 cm³/mol. The van der Waals surface area contributed by atoms with Gasteiger partial charge in [-0.25, -0.2) is 14.8 Å². The van der Waals surface area contributed by atoms with Crippen molar-refractivity contribution in [3.8, 4) is 22.9 Å². The summed E-state index contributed by atoms with van der Waals surface area (Å²) in [5.41, 5.74) is -0.0268. The number of hydrogen-bond donors (Lipinski definition) is 3. The third-order valence-corrected chi connectivity index (χ3v) is 3.89. The number of nitrogens with one attached hydrogen (secondary N) is 2. The molecule has 2 heterocycles. The van der Waals surface area contributed by atoms with Crippen LogP contribution in [-0.2, 0) is 0 Å². The highest BCUT2D eigenvalue weighted by atomic mass is 32.1. The van der Waals surface area contributed by atoms with Crippen molar-refractivity contribution < 1.29 is 9.84 Å². The van der Waals surface area contributed by atoms with Crippen molar-refractivity contribution in [2.75, 3.05) is 7.11 Å². The molecule has 0 atom stereocenters. The van der Waals surface area contributed by atoms with Crippen LogP contribution in [0.25, 0.3) is 11.3 Å². The lowest BCUT2D eigenvalue weighted by atomic mass is 10.2. The lowest BCUT2D eigenvalue weighted by Gasteiger charge is -2.00. The van der Waals surface area contributed by atoms with E-state index in [4.69, 9.17) is 4.74 Å². The quantitative estimate of drug-likeness (QED) is 0.622. The number of thiazole rings is 1. The summed E-state index contributed by atoms with van der Waals surface area (Å²) in [6, 6.07) is 7.41. The van der Waals surface area contributed by atoms with Gasteiger partial charge >= 0.3 is 5.69 Å². The summed E-state index contributed by atoms with van der Waals surface area (Å²) in [5, 5.41) is 11.8. The molecule has 122 valence electrons. The Hall–Kier alpha value is -3.20. The van der Waals surface area contributed by atoms with Crippen LogP contribution in [-0.4, -0.2) is 33.4 Å². The number of nitrogens with zero attached hydrogens (tertiary/aromatic N) is 2. The molecule has 0 amide bonds. The van der Waals surface area contributed by atoms with E-state index < -0.39 is 17.1 Å². The molecule has 9 heteroatoms. The first-order valence-electron chi connectivity index (χ1n) is 6.76. The predicted octanol–water partition coefficient (Wildman–Crippen LogP) is 1.65. The maximum Gasteiger partial charge on any atom is 0.328 e. The van der Waals surface area contributed by atoms with Gasteiger partial charge in [-0.05, 0) is 24.3 Å². The molecule has 0 saturated heterocycles. The Kier molecular flexibility index (Phi) is 4.25.